The largest absolute Gasteiger partial charge is 0.312 e. The molecule has 0 fully saturated rings. The summed E-state index contributed by atoms with van der Waals surface area (Å²) in [6.45, 7) is 2.40. The van der Waals surface area contributed by atoms with Gasteiger partial charge in [-0.1, -0.05) is 6.07 Å². The molecule has 0 saturated carbocycles. The Hall–Kier alpha value is -2.25. The first-order valence-electron chi connectivity index (χ1n) is 7.78. The van der Waals surface area contributed by atoms with Crippen molar-refractivity contribution >= 4 is 21.6 Å². The molecule has 0 atom stereocenters. The molecule has 0 saturated heterocycles. The van der Waals surface area contributed by atoms with E-state index < -0.39 is 10.0 Å². The van der Waals surface area contributed by atoms with Gasteiger partial charge in [-0.25, -0.2) is 13.1 Å². The van der Waals surface area contributed by atoms with E-state index in [9.17, 15) is 13.2 Å². The summed E-state index contributed by atoms with van der Waals surface area (Å²) in [6, 6.07) is 10.5. The lowest BCUT2D eigenvalue weighted by atomic mass is 10.2. The molecule has 1 N–H and O–H groups in total. The Morgan fingerprint density at radius 2 is 2.12 bits per heavy atom. The molecule has 6 nitrogen and oxygen atoms in total. The first kappa shape index (κ1) is 16.6. The molecule has 3 rings (SSSR count). The number of sulfonamides is 1. The van der Waals surface area contributed by atoms with Gasteiger partial charge in [0.15, 0.2) is 0 Å². The number of nitrogens with one attached hydrogen (secondary N) is 1. The molecule has 7 heteroatoms. The van der Waals surface area contributed by atoms with Gasteiger partial charge < -0.3 is 4.90 Å². The van der Waals surface area contributed by atoms with Crippen molar-refractivity contribution < 1.29 is 13.2 Å². The van der Waals surface area contributed by atoms with Crippen LogP contribution in [0.5, 0.6) is 0 Å². The highest BCUT2D eigenvalue weighted by atomic mass is 32.2. The highest BCUT2D eigenvalue weighted by Crippen LogP contribution is 2.30. The van der Waals surface area contributed by atoms with Crippen LogP contribution in [0.3, 0.4) is 0 Å². The van der Waals surface area contributed by atoms with Gasteiger partial charge in [-0.15, -0.1) is 0 Å². The quantitative estimate of drug-likeness (QED) is 0.891. The number of rotatable bonds is 5. The molecule has 1 aliphatic rings. The Bertz CT molecular complexity index is 851. The Labute approximate surface area is 141 Å². The van der Waals surface area contributed by atoms with E-state index in [4.69, 9.17) is 0 Å². The third-order valence-electron chi connectivity index (χ3n) is 4.04. The highest BCUT2D eigenvalue weighted by molar-refractivity contribution is 7.89. The van der Waals surface area contributed by atoms with Gasteiger partial charge in [0.05, 0.1) is 4.90 Å². The van der Waals surface area contributed by atoms with Crippen LogP contribution in [0.25, 0.3) is 0 Å². The fraction of sp³-hybridized carbons (Fsp3) is 0.294. The van der Waals surface area contributed by atoms with E-state index in [1.165, 1.54) is 6.92 Å². The second-order valence-corrected chi connectivity index (χ2v) is 7.45. The summed E-state index contributed by atoms with van der Waals surface area (Å²) in [5, 5.41) is 0. The molecular weight excluding hydrogens is 326 g/mol. The van der Waals surface area contributed by atoms with E-state index in [-0.39, 0.29) is 17.3 Å². The zero-order valence-electron chi connectivity index (χ0n) is 13.4. The van der Waals surface area contributed by atoms with Gasteiger partial charge >= 0.3 is 0 Å². The maximum Gasteiger partial charge on any atom is 0.240 e. The topological polar surface area (TPSA) is 79.4 Å². The third kappa shape index (κ3) is 3.47. The lowest BCUT2D eigenvalue weighted by Gasteiger charge is -2.15. The Morgan fingerprint density at radius 1 is 1.29 bits per heavy atom. The molecule has 0 spiro atoms. The van der Waals surface area contributed by atoms with Crippen LogP contribution in [0, 0.1) is 0 Å². The van der Waals surface area contributed by atoms with Crippen molar-refractivity contribution in [2.24, 2.45) is 0 Å². The van der Waals surface area contributed by atoms with Crippen LogP contribution >= 0.6 is 0 Å². The summed E-state index contributed by atoms with van der Waals surface area (Å²) in [5.74, 6) is -0.0298. The summed E-state index contributed by atoms with van der Waals surface area (Å²) >= 11 is 0. The molecule has 0 radical (unpaired) electrons. The molecule has 0 unspecified atom stereocenters. The number of hydrogen-bond donors (Lipinski definition) is 1. The maximum absolute atomic E-state index is 12.4. The Morgan fingerprint density at radius 3 is 2.83 bits per heavy atom. The fourth-order valence-corrected chi connectivity index (χ4v) is 3.90. The minimum Gasteiger partial charge on any atom is -0.312 e. The van der Waals surface area contributed by atoms with Crippen molar-refractivity contribution in [2.45, 2.75) is 24.7 Å². The van der Waals surface area contributed by atoms with Crippen LogP contribution < -0.4 is 9.62 Å². The van der Waals surface area contributed by atoms with Crippen LogP contribution in [0.4, 0.5) is 5.69 Å². The first-order chi connectivity index (χ1) is 11.5. The molecule has 1 aliphatic heterocycles. The summed E-state index contributed by atoms with van der Waals surface area (Å²) in [7, 11) is -3.57. The predicted octanol–water partition coefficient (Wildman–Crippen LogP) is 1.51. The standard InChI is InChI=1S/C17H19N3O3S/c1-13(21)20-11-8-14-12-16(5-6-17(14)20)24(22,23)19-10-7-15-4-2-3-9-18-15/h2-6,9,12,19H,7-8,10-11H2,1H3. The number of pyridine rings is 1. The normalized spacial score (nSPS) is 13.8. The van der Waals surface area contributed by atoms with Crippen LogP contribution in [-0.2, 0) is 27.7 Å². The smallest absolute Gasteiger partial charge is 0.240 e. The van der Waals surface area contributed by atoms with Crippen molar-refractivity contribution in [3.63, 3.8) is 0 Å². The van der Waals surface area contributed by atoms with Crippen LogP contribution in [0.2, 0.25) is 0 Å². The van der Waals surface area contributed by atoms with Gasteiger partial charge in [-0.3, -0.25) is 9.78 Å². The average molecular weight is 345 g/mol. The van der Waals surface area contributed by atoms with E-state index in [1.54, 1.807) is 29.3 Å². The minimum atomic E-state index is -3.57. The SMILES string of the molecule is CC(=O)N1CCc2cc(S(=O)(=O)NCCc3ccccn3)ccc21. The van der Waals surface area contributed by atoms with E-state index in [0.717, 1.165) is 16.9 Å². The number of amides is 1. The molecular formula is C17H19N3O3S. The second-order valence-electron chi connectivity index (χ2n) is 5.68. The Kier molecular flexibility index (Phi) is 4.64. The number of carbonyl (C=O) groups is 1. The van der Waals surface area contributed by atoms with E-state index in [0.29, 0.717) is 19.4 Å². The van der Waals surface area contributed by atoms with Crippen LogP contribution in [-0.4, -0.2) is 32.4 Å². The van der Waals surface area contributed by atoms with Crippen molar-refractivity contribution in [3.05, 3.63) is 53.9 Å². The minimum absolute atomic E-state index is 0.0298. The van der Waals surface area contributed by atoms with Crippen LogP contribution in [0.15, 0.2) is 47.5 Å². The molecule has 0 bridgehead atoms. The zero-order valence-corrected chi connectivity index (χ0v) is 14.2. The first-order valence-corrected chi connectivity index (χ1v) is 9.26. The number of hydrogen-bond acceptors (Lipinski definition) is 4. The zero-order chi connectivity index (χ0) is 17.2. The second kappa shape index (κ2) is 6.70. The summed E-state index contributed by atoms with van der Waals surface area (Å²) < 4.78 is 27.5. The Balaban J connectivity index is 1.70. The van der Waals surface area contributed by atoms with Crippen LogP contribution in [0.1, 0.15) is 18.2 Å². The summed E-state index contributed by atoms with van der Waals surface area (Å²) in [5.41, 5.74) is 2.53. The number of carbonyl (C=O) groups excluding carboxylic acids is 1. The average Bonchev–Trinajstić information content (AvgIpc) is 2.99. The van der Waals surface area contributed by atoms with Gasteiger partial charge in [0, 0.05) is 44.0 Å². The van der Waals surface area contributed by atoms with Crippen molar-refractivity contribution in [3.8, 4) is 0 Å². The molecule has 1 aromatic heterocycles. The molecule has 126 valence electrons. The fourth-order valence-electron chi connectivity index (χ4n) is 2.82. The van der Waals surface area contributed by atoms with E-state index >= 15 is 0 Å². The number of anilines is 1. The predicted molar refractivity (Wildman–Crippen MR) is 91.3 cm³/mol. The molecule has 2 heterocycles. The molecule has 2 aromatic rings. The molecule has 0 aliphatic carbocycles. The summed E-state index contributed by atoms with van der Waals surface area (Å²) in [4.78, 5) is 17.6. The van der Waals surface area contributed by atoms with E-state index in [2.05, 4.69) is 9.71 Å². The molecule has 1 amide bonds. The number of nitrogens with zero attached hydrogens (tertiary/aromatic N) is 2. The highest BCUT2D eigenvalue weighted by Gasteiger charge is 2.24. The third-order valence-corrected chi connectivity index (χ3v) is 5.49. The summed E-state index contributed by atoms with van der Waals surface area (Å²) in [6.07, 6.45) is 2.89. The molecule has 1 aromatic carbocycles. The maximum atomic E-state index is 12.4. The van der Waals surface area contributed by atoms with Gasteiger partial charge in [0.25, 0.3) is 0 Å². The molecule has 24 heavy (non-hydrogen) atoms. The monoisotopic (exact) mass is 345 g/mol. The van der Waals surface area contributed by atoms with Crippen molar-refractivity contribution in [1.29, 1.82) is 0 Å². The van der Waals surface area contributed by atoms with Crippen molar-refractivity contribution in [2.75, 3.05) is 18.0 Å². The van der Waals surface area contributed by atoms with Gasteiger partial charge in [0.2, 0.25) is 15.9 Å². The van der Waals surface area contributed by atoms with Gasteiger partial charge in [-0.2, -0.15) is 0 Å². The van der Waals surface area contributed by atoms with Crippen molar-refractivity contribution in [1.82, 2.24) is 9.71 Å². The number of fused-ring (bicyclic) bond motifs is 1. The van der Waals surface area contributed by atoms with E-state index in [1.807, 2.05) is 18.2 Å². The lowest BCUT2D eigenvalue weighted by Crippen LogP contribution is -2.27. The van der Waals surface area contributed by atoms with Gasteiger partial charge in [0.1, 0.15) is 0 Å². The number of aromatic nitrogens is 1. The lowest BCUT2D eigenvalue weighted by molar-refractivity contribution is -0.116. The number of benzene rings is 1. The van der Waals surface area contributed by atoms with Gasteiger partial charge in [-0.05, 0) is 42.3 Å².